The van der Waals surface area contributed by atoms with Crippen LogP contribution in [0.2, 0.25) is 0 Å². The van der Waals surface area contributed by atoms with Crippen LogP contribution in [0.5, 0.6) is 0 Å². The molecule has 31 heavy (non-hydrogen) atoms. The Bertz CT molecular complexity index is 1080. The monoisotopic (exact) mass is 457 g/mol. The molecule has 2 aromatic heterocycles. The van der Waals surface area contributed by atoms with Crippen LogP contribution in [-0.4, -0.2) is 33.9 Å². The largest absolute Gasteiger partial charge is 0.462 e. The van der Waals surface area contributed by atoms with E-state index in [4.69, 9.17) is 9.15 Å². The number of carbonyl (C=O) groups is 2. The van der Waals surface area contributed by atoms with Crippen molar-refractivity contribution in [2.75, 3.05) is 11.9 Å². The molecule has 0 radical (unpaired) electrons. The number of amides is 1. The first kappa shape index (κ1) is 21.6. The van der Waals surface area contributed by atoms with Gasteiger partial charge >= 0.3 is 5.97 Å². The second-order valence-electron chi connectivity index (χ2n) is 7.12. The lowest BCUT2D eigenvalue weighted by Gasteiger charge is -2.13. The highest BCUT2D eigenvalue weighted by Crippen LogP contribution is 2.39. The van der Waals surface area contributed by atoms with E-state index in [2.05, 4.69) is 15.5 Å². The third kappa shape index (κ3) is 4.83. The Morgan fingerprint density at radius 2 is 2.00 bits per heavy atom. The highest BCUT2D eigenvalue weighted by molar-refractivity contribution is 8.00. The maximum atomic E-state index is 12.9. The second kappa shape index (κ2) is 9.65. The van der Waals surface area contributed by atoms with Gasteiger partial charge in [-0.1, -0.05) is 30.0 Å². The summed E-state index contributed by atoms with van der Waals surface area (Å²) in [6.07, 6.45) is 3.90. The first-order valence-corrected chi connectivity index (χ1v) is 11.9. The molecule has 9 heteroatoms. The van der Waals surface area contributed by atoms with Crippen molar-refractivity contribution in [2.24, 2.45) is 0 Å². The minimum Gasteiger partial charge on any atom is -0.462 e. The number of aromatic nitrogens is 2. The van der Waals surface area contributed by atoms with Gasteiger partial charge < -0.3 is 14.5 Å². The molecule has 1 atom stereocenters. The number of ether oxygens (including phenoxy) is 1. The average molecular weight is 458 g/mol. The van der Waals surface area contributed by atoms with Gasteiger partial charge in [-0.15, -0.1) is 21.5 Å². The van der Waals surface area contributed by atoms with E-state index >= 15 is 0 Å². The van der Waals surface area contributed by atoms with E-state index in [0.717, 1.165) is 41.7 Å². The molecule has 0 fully saturated rings. The second-order valence-corrected chi connectivity index (χ2v) is 9.52. The zero-order valence-electron chi connectivity index (χ0n) is 17.3. The van der Waals surface area contributed by atoms with Crippen LogP contribution in [0.4, 0.5) is 5.00 Å². The lowest BCUT2D eigenvalue weighted by Crippen LogP contribution is -2.23. The number of hydrogen-bond donors (Lipinski definition) is 1. The maximum absolute atomic E-state index is 12.9. The third-order valence-corrected chi connectivity index (χ3v) is 7.10. The van der Waals surface area contributed by atoms with Crippen molar-refractivity contribution in [3.8, 4) is 11.5 Å². The van der Waals surface area contributed by atoms with Crippen molar-refractivity contribution >= 4 is 40.0 Å². The van der Waals surface area contributed by atoms with E-state index in [1.807, 2.05) is 30.3 Å². The van der Waals surface area contributed by atoms with Gasteiger partial charge in [-0.2, -0.15) is 0 Å². The molecule has 2 heterocycles. The van der Waals surface area contributed by atoms with Crippen LogP contribution in [0.15, 0.2) is 40.0 Å². The third-order valence-electron chi connectivity index (χ3n) is 4.96. The quantitative estimate of drug-likeness (QED) is 0.395. The molecular weight excluding hydrogens is 434 g/mol. The van der Waals surface area contributed by atoms with Crippen LogP contribution in [0.25, 0.3) is 11.5 Å². The number of thiophene rings is 1. The van der Waals surface area contributed by atoms with E-state index in [1.165, 1.54) is 23.1 Å². The first-order chi connectivity index (χ1) is 15.1. The summed E-state index contributed by atoms with van der Waals surface area (Å²) in [5.41, 5.74) is 2.35. The van der Waals surface area contributed by atoms with Crippen LogP contribution >= 0.6 is 23.1 Å². The van der Waals surface area contributed by atoms with E-state index in [9.17, 15) is 9.59 Å². The van der Waals surface area contributed by atoms with Gasteiger partial charge in [-0.25, -0.2) is 4.79 Å². The molecule has 0 spiro atoms. The van der Waals surface area contributed by atoms with Crippen LogP contribution in [-0.2, 0) is 22.4 Å². The highest BCUT2D eigenvalue weighted by atomic mass is 32.2. The fourth-order valence-corrected chi connectivity index (χ4v) is 5.41. The van der Waals surface area contributed by atoms with E-state index in [-0.39, 0.29) is 11.9 Å². The summed E-state index contributed by atoms with van der Waals surface area (Å²) in [4.78, 5) is 26.6. The smallest absolute Gasteiger partial charge is 0.341 e. The van der Waals surface area contributed by atoms with Gasteiger partial charge in [0.2, 0.25) is 11.8 Å². The maximum Gasteiger partial charge on any atom is 0.341 e. The molecule has 0 saturated heterocycles. The van der Waals surface area contributed by atoms with E-state index in [1.54, 1.807) is 13.8 Å². The zero-order valence-corrected chi connectivity index (χ0v) is 19.0. The van der Waals surface area contributed by atoms with Gasteiger partial charge in [0.15, 0.2) is 0 Å². The molecule has 162 valence electrons. The van der Waals surface area contributed by atoms with Gasteiger partial charge in [0.1, 0.15) is 5.00 Å². The van der Waals surface area contributed by atoms with Gasteiger partial charge in [0.25, 0.3) is 5.22 Å². The number of thioether (sulfide) groups is 1. The molecule has 1 aromatic carbocycles. The minimum atomic E-state index is -0.488. The van der Waals surface area contributed by atoms with E-state index < -0.39 is 5.25 Å². The number of esters is 1. The van der Waals surface area contributed by atoms with Crippen molar-refractivity contribution in [1.82, 2.24) is 10.2 Å². The number of nitrogens with one attached hydrogen (secondary N) is 1. The topological polar surface area (TPSA) is 94.3 Å². The molecular formula is C22H23N3O4S2. The molecule has 1 aliphatic rings. The molecule has 0 saturated carbocycles. The summed E-state index contributed by atoms with van der Waals surface area (Å²) in [5.74, 6) is -0.193. The molecule has 0 bridgehead atoms. The number of fused-ring (bicyclic) bond motifs is 1. The van der Waals surface area contributed by atoms with Gasteiger partial charge in [0.05, 0.1) is 17.4 Å². The molecule has 1 unspecified atom stereocenters. The standard InChI is InChI=1S/C22H23N3O4S2/c1-3-28-21(27)17-15-11-7-8-12-16(15)31-20(17)23-18(26)13(2)30-22-25-24-19(29-22)14-9-5-4-6-10-14/h4-6,9-10,13H,3,7-8,11-12H2,1-2H3,(H,23,26). The van der Waals surface area contributed by atoms with E-state index in [0.29, 0.717) is 28.3 Å². The fourth-order valence-electron chi connectivity index (χ4n) is 3.45. The number of aryl methyl sites for hydroxylation is 1. The average Bonchev–Trinajstić information content (AvgIpc) is 3.38. The lowest BCUT2D eigenvalue weighted by molar-refractivity contribution is -0.115. The van der Waals surface area contributed by atoms with Crippen LogP contribution in [0.3, 0.4) is 0 Å². The van der Waals surface area contributed by atoms with Crippen molar-refractivity contribution in [3.63, 3.8) is 0 Å². The van der Waals surface area contributed by atoms with Crippen LogP contribution < -0.4 is 5.32 Å². The Hall–Kier alpha value is -2.65. The summed E-state index contributed by atoms with van der Waals surface area (Å²) in [6.45, 7) is 3.84. The minimum absolute atomic E-state index is 0.228. The van der Waals surface area contributed by atoms with Crippen LogP contribution in [0.1, 0.15) is 47.5 Å². The van der Waals surface area contributed by atoms with Crippen molar-refractivity contribution < 1.29 is 18.7 Å². The number of hydrogen-bond acceptors (Lipinski definition) is 8. The van der Waals surface area contributed by atoms with Gasteiger partial charge in [-0.05, 0) is 57.2 Å². The van der Waals surface area contributed by atoms with Gasteiger partial charge in [-0.3, -0.25) is 4.79 Å². The van der Waals surface area contributed by atoms with Crippen molar-refractivity contribution in [1.29, 1.82) is 0 Å². The number of rotatable bonds is 7. The van der Waals surface area contributed by atoms with Crippen molar-refractivity contribution in [2.45, 2.75) is 50.0 Å². The summed E-state index contributed by atoms with van der Waals surface area (Å²) >= 11 is 2.66. The number of benzene rings is 1. The lowest BCUT2D eigenvalue weighted by atomic mass is 9.95. The highest BCUT2D eigenvalue weighted by Gasteiger charge is 2.28. The Morgan fingerprint density at radius 1 is 1.23 bits per heavy atom. The van der Waals surface area contributed by atoms with Gasteiger partial charge in [0, 0.05) is 10.4 Å². The molecule has 7 nitrogen and oxygen atoms in total. The molecule has 3 aromatic rings. The predicted octanol–water partition coefficient (Wildman–Crippen LogP) is 4.97. The first-order valence-electron chi connectivity index (χ1n) is 10.2. The Labute approximate surface area is 188 Å². The zero-order chi connectivity index (χ0) is 21.8. The van der Waals surface area contributed by atoms with Crippen molar-refractivity contribution in [3.05, 3.63) is 46.3 Å². The Kier molecular flexibility index (Phi) is 6.72. The Morgan fingerprint density at radius 3 is 2.77 bits per heavy atom. The molecule has 4 rings (SSSR count). The molecule has 1 aliphatic carbocycles. The Balaban J connectivity index is 1.47. The van der Waals surface area contributed by atoms with Crippen LogP contribution in [0, 0.1) is 0 Å². The molecule has 1 N–H and O–H groups in total. The summed E-state index contributed by atoms with van der Waals surface area (Å²) in [6, 6.07) is 9.46. The predicted molar refractivity (Wildman–Crippen MR) is 121 cm³/mol. The molecule has 1 amide bonds. The summed E-state index contributed by atoms with van der Waals surface area (Å²) in [5, 5.41) is 11.4. The molecule has 0 aliphatic heterocycles. The summed E-state index contributed by atoms with van der Waals surface area (Å²) in [7, 11) is 0. The number of anilines is 1. The summed E-state index contributed by atoms with van der Waals surface area (Å²) < 4.78 is 10.9. The SMILES string of the molecule is CCOC(=O)c1c(NC(=O)C(C)Sc2nnc(-c3ccccc3)o2)sc2c1CCCC2. The normalized spacial score (nSPS) is 14.0. The fraction of sp³-hybridized carbons (Fsp3) is 0.364. The number of nitrogens with zero attached hydrogens (tertiary/aromatic N) is 2. The number of carbonyl (C=O) groups excluding carboxylic acids is 2.